The Hall–Kier alpha value is -2.79. The number of fused-ring (bicyclic) bond motifs is 1. The molecule has 0 atom stereocenters. The molecule has 1 heterocycles. The van der Waals surface area contributed by atoms with Gasteiger partial charge in [-0.05, 0) is 29.1 Å². The van der Waals surface area contributed by atoms with E-state index in [0.717, 1.165) is 11.1 Å². The number of nitrogens with two attached hydrogens (primary N) is 1. The fraction of sp³-hybridized carbons (Fsp3) is 0. The fourth-order valence-electron chi connectivity index (χ4n) is 1.24. The first-order valence-electron chi connectivity index (χ1n) is 4.22. The Morgan fingerprint density at radius 3 is 2.50 bits per heavy atom. The maximum atomic E-state index is 6.50. The maximum absolute atomic E-state index is 6.50. The molecule has 0 unspecified atom stereocenters. The summed E-state index contributed by atoms with van der Waals surface area (Å²) < 4.78 is 0. The van der Waals surface area contributed by atoms with Crippen molar-refractivity contribution >= 4 is 17.1 Å². The molecular formula is C11H11N5. The summed E-state index contributed by atoms with van der Waals surface area (Å²) in [6.45, 7) is 7.00. The summed E-state index contributed by atoms with van der Waals surface area (Å²) in [6, 6.07) is 8.02. The van der Waals surface area contributed by atoms with Crippen LogP contribution in [0.15, 0.2) is 35.6 Å². The van der Waals surface area contributed by atoms with E-state index in [1.54, 1.807) is 6.21 Å². The number of benzene rings is 1. The van der Waals surface area contributed by atoms with Gasteiger partial charge in [-0.25, -0.2) is 10.5 Å². The van der Waals surface area contributed by atoms with Crippen LogP contribution >= 0.6 is 0 Å². The van der Waals surface area contributed by atoms with Crippen molar-refractivity contribution in [3.8, 4) is 13.1 Å². The molecule has 1 aromatic carbocycles. The van der Waals surface area contributed by atoms with Crippen LogP contribution in [0.1, 0.15) is 5.56 Å². The molecule has 0 aliphatic rings. The minimum atomic E-state index is 1.02. The zero-order chi connectivity index (χ0) is 12.4. The quantitative estimate of drug-likeness (QED) is 0.428. The molecule has 0 saturated carbocycles. The van der Waals surface area contributed by atoms with Crippen molar-refractivity contribution in [1.29, 1.82) is 10.5 Å². The summed E-state index contributed by atoms with van der Waals surface area (Å²) >= 11 is 0. The van der Waals surface area contributed by atoms with Gasteiger partial charge in [-0.15, -0.1) is 0 Å². The average Bonchev–Trinajstić information content (AvgIpc) is 2.82. The van der Waals surface area contributed by atoms with Crippen LogP contribution in [0.3, 0.4) is 0 Å². The second-order valence-electron chi connectivity index (χ2n) is 2.60. The lowest BCUT2D eigenvalue weighted by Gasteiger charge is -1.91. The third kappa shape index (κ3) is 3.17. The monoisotopic (exact) mass is 213 g/mol. The number of hydrogen-bond acceptors (Lipinski definition) is 4. The number of hydrogen-bond donors (Lipinski definition) is 2. The maximum Gasteiger partial charge on any atom is 0.0538 e. The van der Waals surface area contributed by atoms with Crippen molar-refractivity contribution in [2.75, 3.05) is 0 Å². The van der Waals surface area contributed by atoms with Crippen LogP contribution in [-0.2, 0) is 0 Å². The summed E-state index contributed by atoms with van der Waals surface area (Å²) in [7, 11) is 0. The molecule has 2 aromatic rings. The Bertz CT molecular complexity index is 486. The lowest BCUT2D eigenvalue weighted by molar-refractivity contribution is 1.26. The zero-order valence-corrected chi connectivity index (χ0v) is 8.54. The third-order valence-electron chi connectivity index (χ3n) is 1.80. The lowest BCUT2D eigenvalue weighted by atomic mass is 10.2. The largest absolute Gasteiger partial charge is 0.361 e. The summed E-state index contributed by atoms with van der Waals surface area (Å²) in [4.78, 5) is 3.11. The molecule has 3 N–H and O–H groups in total. The molecule has 5 heteroatoms. The molecule has 0 radical (unpaired) electrons. The highest BCUT2D eigenvalue weighted by Gasteiger charge is 1.93. The van der Waals surface area contributed by atoms with Gasteiger partial charge in [0, 0.05) is 24.9 Å². The zero-order valence-electron chi connectivity index (χ0n) is 8.54. The summed E-state index contributed by atoms with van der Waals surface area (Å²) in [6.07, 6.45) is 3.54. The molecule has 1 aromatic heterocycles. The number of hydrazone groups is 1. The number of aromatic nitrogens is 1. The van der Waals surface area contributed by atoms with E-state index < -0.39 is 0 Å². The van der Waals surface area contributed by atoms with Crippen molar-refractivity contribution in [3.63, 3.8) is 0 Å². The Balaban J connectivity index is 0.000000509. The predicted octanol–water partition coefficient (Wildman–Crippen LogP) is 1.74. The Labute approximate surface area is 93.4 Å². The number of rotatable bonds is 1. The van der Waals surface area contributed by atoms with Gasteiger partial charge in [0.2, 0.25) is 0 Å². The summed E-state index contributed by atoms with van der Waals surface area (Å²) in [5.41, 5.74) is 2.15. The molecule has 2 rings (SSSR count). The van der Waals surface area contributed by atoms with Gasteiger partial charge in [-0.2, -0.15) is 5.10 Å². The van der Waals surface area contributed by atoms with Crippen molar-refractivity contribution in [2.45, 2.75) is 0 Å². The van der Waals surface area contributed by atoms with Crippen LogP contribution in [0.25, 0.3) is 10.9 Å². The van der Waals surface area contributed by atoms with Crippen molar-refractivity contribution in [3.05, 3.63) is 36.0 Å². The van der Waals surface area contributed by atoms with E-state index in [-0.39, 0.29) is 0 Å². The van der Waals surface area contributed by atoms with Crippen molar-refractivity contribution < 1.29 is 0 Å². The molecule has 0 saturated heterocycles. The van der Waals surface area contributed by atoms with Gasteiger partial charge in [0.1, 0.15) is 0 Å². The van der Waals surface area contributed by atoms with Gasteiger partial charge in [-0.1, -0.05) is 6.07 Å². The van der Waals surface area contributed by atoms with Gasteiger partial charge in [-0.3, -0.25) is 0 Å². The summed E-state index contributed by atoms with van der Waals surface area (Å²) in [5, 5.41) is 17.6. The van der Waals surface area contributed by atoms with Crippen LogP contribution in [0.4, 0.5) is 0 Å². The summed E-state index contributed by atoms with van der Waals surface area (Å²) in [5.74, 6) is 5.04. The highest BCUT2D eigenvalue weighted by molar-refractivity contribution is 5.88. The molecule has 5 nitrogen and oxygen atoms in total. The molecule has 0 fully saturated rings. The normalized spacial score (nSPS) is 8.75. The SMILES string of the molecule is C#N.C#N.NN=Cc1ccc2[nH]ccc2c1. The van der Waals surface area contributed by atoms with Crippen molar-refractivity contribution in [1.82, 2.24) is 4.98 Å². The van der Waals surface area contributed by atoms with Gasteiger partial charge in [0.05, 0.1) is 6.21 Å². The fourth-order valence-corrected chi connectivity index (χ4v) is 1.24. The Kier molecular flexibility index (Phi) is 6.27. The predicted molar refractivity (Wildman–Crippen MR) is 63.4 cm³/mol. The Morgan fingerprint density at radius 2 is 1.88 bits per heavy atom. The van der Waals surface area contributed by atoms with Gasteiger partial charge >= 0.3 is 0 Å². The molecule has 80 valence electrons. The molecule has 16 heavy (non-hydrogen) atoms. The van der Waals surface area contributed by atoms with Crippen LogP contribution in [-0.4, -0.2) is 11.2 Å². The van der Waals surface area contributed by atoms with Crippen molar-refractivity contribution in [2.24, 2.45) is 10.9 Å². The third-order valence-corrected chi connectivity index (χ3v) is 1.80. The van der Waals surface area contributed by atoms with Gasteiger partial charge in [0.25, 0.3) is 0 Å². The second kappa shape index (κ2) is 7.60. The number of aromatic amines is 1. The first-order valence-corrected chi connectivity index (χ1v) is 4.22. The van der Waals surface area contributed by atoms with Crippen LogP contribution in [0.2, 0.25) is 0 Å². The van der Waals surface area contributed by atoms with E-state index in [2.05, 4.69) is 23.2 Å². The van der Waals surface area contributed by atoms with E-state index in [0.29, 0.717) is 0 Å². The van der Waals surface area contributed by atoms with E-state index >= 15 is 0 Å². The lowest BCUT2D eigenvalue weighted by Crippen LogP contribution is -1.85. The Morgan fingerprint density at radius 1 is 1.19 bits per heavy atom. The smallest absolute Gasteiger partial charge is 0.0538 e. The van der Waals surface area contributed by atoms with E-state index in [1.807, 2.05) is 30.5 Å². The molecule has 0 bridgehead atoms. The van der Waals surface area contributed by atoms with Gasteiger partial charge in [0.15, 0.2) is 0 Å². The number of nitrogens with zero attached hydrogens (tertiary/aromatic N) is 3. The van der Waals surface area contributed by atoms with E-state index in [9.17, 15) is 0 Å². The van der Waals surface area contributed by atoms with Crippen LogP contribution in [0.5, 0.6) is 0 Å². The number of H-pyrrole nitrogens is 1. The van der Waals surface area contributed by atoms with E-state index in [1.165, 1.54) is 5.39 Å². The molecular weight excluding hydrogens is 202 g/mol. The second-order valence-corrected chi connectivity index (χ2v) is 2.60. The number of nitrogens with one attached hydrogen (secondary N) is 1. The highest BCUT2D eigenvalue weighted by Crippen LogP contribution is 2.12. The highest BCUT2D eigenvalue weighted by atomic mass is 15.1. The van der Waals surface area contributed by atoms with Gasteiger partial charge < -0.3 is 10.8 Å². The number of nitriles is 2. The molecule has 0 spiro atoms. The minimum Gasteiger partial charge on any atom is -0.361 e. The van der Waals surface area contributed by atoms with Crippen LogP contribution < -0.4 is 5.84 Å². The first kappa shape index (κ1) is 13.2. The van der Waals surface area contributed by atoms with Crippen LogP contribution in [0, 0.1) is 23.7 Å². The molecule has 0 aliphatic heterocycles. The molecule has 0 aliphatic carbocycles. The minimum absolute atomic E-state index is 1.02. The standard InChI is InChI=1S/C9H9N3.2CHN/c10-12-6-7-1-2-9-8(5-7)3-4-11-9;2*1-2/h1-6,11H,10H2;2*1H. The average molecular weight is 213 g/mol. The molecule has 0 amide bonds. The van der Waals surface area contributed by atoms with E-state index in [4.69, 9.17) is 16.4 Å². The first-order chi connectivity index (χ1) is 7.90. The topological polar surface area (TPSA) is 102 Å².